The van der Waals surface area contributed by atoms with Gasteiger partial charge in [-0.2, -0.15) is 0 Å². The van der Waals surface area contributed by atoms with Gasteiger partial charge < -0.3 is 0 Å². The fourth-order valence-electron chi connectivity index (χ4n) is 0.545. The Morgan fingerprint density at radius 2 is 2.30 bits per heavy atom. The van der Waals surface area contributed by atoms with Crippen LogP contribution >= 0.6 is 15.9 Å². The summed E-state index contributed by atoms with van der Waals surface area (Å²) in [6.45, 7) is 0. The van der Waals surface area contributed by atoms with Crippen molar-refractivity contribution in [3.8, 4) is 0 Å². The predicted octanol–water partition coefficient (Wildman–Crippen LogP) is 1.80. The van der Waals surface area contributed by atoms with E-state index in [4.69, 9.17) is 0 Å². The minimum atomic E-state index is -0.469. The van der Waals surface area contributed by atoms with Gasteiger partial charge in [0.25, 0.3) is 0 Å². The number of hydrogen-bond acceptors (Lipinski definition) is 2. The molecule has 1 aromatic rings. The average molecular weight is 204 g/mol. The summed E-state index contributed by atoms with van der Waals surface area (Å²) in [6.07, 6.45) is 0.494. The molecule has 0 radical (unpaired) electrons. The molecule has 4 heteroatoms. The molecule has 0 aliphatic heterocycles. The van der Waals surface area contributed by atoms with Crippen LogP contribution in [-0.4, -0.2) is 11.3 Å². The summed E-state index contributed by atoms with van der Waals surface area (Å²) < 4.78 is 12.7. The molecule has 1 aromatic heterocycles. The lowest BCUT2D eigenvalue weighted by molar-refractivity contribution is 0.111. The number of rotatable bonds is 1. The summed E-state index contributed by atoms with van der Waals surface area (Å²) >= 11 is 2.94. The lowest BCUT2D eigenvalue weighted by Crippen LogP contribution is -1.88. The first-order valence-corrected chi connectivity index (χ1v) is 3.30. The Labute approximate surface area is 65.2 Å². The molecule has 0 saturated heterocycles. The van der Waals surface area contributed by atoms with Gasteiger partial charge in [0.1, 0.15) is 16.1 Å². The predicted molar refractivity (Wildman–Crippen MR) is 37.3 cm³/mol. The molecule has 10 heavy (non-hydrogen) atoms. The smallest absolute Gasteiger partial charge is 0.168 e. The number of aldehydes is 1. The number of nitrogens with zero attached hydrogens (tertiary/aromatic N) is 1. The average Bonchev–Trinajstić information content (AvgIpc) is 1.85. The van der Waals surface area contributed by atoms with Gasteiger partial charge in [0.05, 0.1) is 0 Å². The minimum Gasteiger partial charge on any atom is -0.296 e. The Balaban J connectivity index is 3.18. The lowest BCUT2D eigenvalue weighted by Gasteiger charge is -1.91. The molecule has 0 amide bonds. The van der Waals surface area contributed by atoms with Crippen LogP contribution in [0.4, 0.5) is 4.39 Å². The van der Waals surface area contributed by atoms with Crippen molar-refractivity contribution in [1.29, 1.82) is 0 Å². The molecule has 0 N–H and O–H groups in total. The molecule has 0 bridgehead atoms. The van der Waals surface area contributed by atoms with Crippen molar-refractivity contribution in [3.05, 3.63) is 28.2 Å². The van der Waals surface area contributed by atoms with Crippen molar-refractivity contribution in [2.45, 2.75) is 0 Å². The van der Waals surface area contributed by atoms with Crippen molar-refractivity contribution in [1.82, 2.24) is 4.98 Å². The van der Waals surface area contributed by atoms with Gasteiger partial charge >= 0.3 is 0 Å². The molecule has 0 atom stereocenters. The van der Waals surface area contributed by atoms with Crippen LogP contribution in [0.15, 0.2) is 16.7 Å². The summed E-state index contributed by atoms with van der Waals surface area (Å²) in [6, 6.07) is 2.25. The number of pyridine rings is 1. The van der Waals surface area contributed by atoms with Gasteiger partial charge in [-0.15, -0.1) is 0 Å². The lowest BCUT2D eigenvalue weighted by atomic mass is 10.4. The highest BCUT2D eigenvalue weighted by atomic mass is 79.9. The standard InChI is InChI=1S/C6H3BrFNO/c7-6-2-4(8)1-5(3-10)9-6/h1-3H. The summed E-state index contributed by atoms with van der Waals surface area (Å²) in [5.74, 6) is -0.469. The van der Waals surface area contributed by atoms with E-state index in [-0.39, 0.29) is 5.69 Å². The molecule has 0 aliphatic carbocycles. The highest BCUT2D eigenvalue weighted by Gasteiger charge is 1.97. The second-order valence-corrected chi connectivity index (χ2v) is 2.46. The molecular formula is C6H3BrFNO. The SMILES string of the molecule is O=Cc1cc(F)cc(Br)n1. The van der Waals surface area contributed by atoms with Gasteiger partial charge in [-0.05, 0) is 15.9 Å². The van der Waals surface area contributed by atoms with Crippen molar-refractivity contribution in [3.63, 3.8) is 0 Å². The van der Waals surface area contributed by atoms with Gasteiger partial charge in [0.15, 0.2) is 6.29 Å². The van der Waals surface area contributed by atoms with Crippen LogP contribution in [0.3, 0.4) is 0 Å². The zero-order chi connectivity index (χ0) is 7.56. The third-order valence-electron chi connectivity index (χ3n) is 0.899. The third-order valence-corrected chi connectivity index (χ3v) is 1.31. The first-order chi connectivity index (χ1) is 4.72. The molecule has 1 heterocycles. The van der Waals surface area contributed by atoms with Gasteiger partial charge in [0.2, 0.25) is 0 Å². The van der Waals surface area contributed by atoms with Crippen molar-refractivity contribution < 1.29 is 9.18 Å². The Kier molecular flexibility index (Phi) is 2.11. The maximum atomic E-state index is 12.4. The Morgan fingerprint density at radius 3 is 2.80 bits per heavy atom. The topological polar surface area (TPSA) is 30.0 Å². The summed E-state index contributed by atoms with van der Waals surface area (Å²) in [5.41, 5.74) is 0.0897. The van der Waals surface area contributed by atoms with Crippen LogP contribution in [0.1, 0.15) is 10.5 Å². The van der Waals surface area contributed by atoms with E-state index < -0.39 is 5.82 Å². The first kappa shape index (κ1) is 7.34. The van der Waals surface area contributed by atoms with E-state index in [1.807, 2.05) is 0 Å². The first-order valence-electron chi connectivity index (χ1n) is 2.50. The molecule has 2 nitrogen and oxygen atoms in total. The molecule has 0 aliphatic rings. The third kappa shape index (κ3) is 1.60. The van der Waals surface area contributed by atoms with Gasteiger partial charge in [0, 0.05) is 12.1 Å². The Hall–Kier alpha value is -0.770. The van der Waals surface area contributed by atoms with E-state index in [0.717, 1.165) is 6.07 Å². The van der Waals surface area contributed by atoms with Crippen molar-refractivity contribution in [2.75, 3.05) is 0 Å². The maximum Gasteiger partial charge on any atom is 0.168 e. The van der Waals surface area contributed by atoms with E-state index >= 15 is 0 Å². The molecule has 0 aromatic carbocycles. The van der Waals surface area contributed by atoms with Crippen LogP contribution in [0, 0.1) is 5.82 Å². The molecule has 0 spiro atoms. The monoisotopic (exact) mass is 203 g/mol. The summed E-state index contributed by atoms with van der Waals surface area (Å²) in [5, 5.41) is 0. The normalized spacial score (nSPS) is 9.40. The number of carbonyl (C=O) groups is 1. The van der Waals surface area contributed by atoms with Crippen LogP contribution in [0.25, 0.3) is 0 Å². The quantitative estimate of drug-likeness (QED) is 0.515. The maximum absolute atomic E-state index is 12.4. The molecular weight excluding hydrogens is 201 g/mol. The Bertz CT molecular complexity index is 244. The van der Waals surface area contributed by atoms with E-state index in [2.05, 4.69) is 20.9 Å². The number of aromatic nitrogens is 1. The summed E-state index contributed by atoms with van der Waals surface area (Å²) in [7, 11) is 0. The number of halogens is 2. The fourth-order valence-corrected chi connectivity index (χ4v) is 0.968. The minimum absolute atomic E-state index is 0.0897. The Morgan fingerprint density at radius 1 is 1.60 bits per heavy atom. The fraction of sp³-hybridized carbons (Fsp3) is 0. The molecule has 0 unspecified atom stereocenters. The second kappa shape index (κ2) is 2.88. The van der Waals surface area contributed by atoms with E-state index in [0.29, 0.717) is 10.9 Å². The zero-order valence-corrected chi connectivity index (χ0v) is 6.43. The number of carbonyl (C=O) groups excluding carboxylic acids is 1. The van der Waals surface area contributed by atoms with Crippen LogP contribution in [0.2, 0.25) is 0 Å². The second-order valence-electron chi connectivity index (χ2n) is 1.65. The van der Waals surface area contributed by atoms with E-state index in [1.165, 1.54) is 6.07 Å². The number of hydrogen-bond donors (Lipinski definition) is 0. The highest BCUT2D eigenvalue weighted by molar-refractivity contribution is 9.10. The van der Waals surface area contributed by atoms with Gasteiger partial charge in [-0.3, -0.25) is 4.79 Å². The van der Waals surface area contributed by atoms with Crippen LogP contribution in [0.5, 0.6) is 0 Å². The molecule has 1 rings (SSSR count). The van der Waals surface area contributed by atoms with E-state index in [9.17, 15) is 9.18 Å². The van der Waals surface area contributed by atoms with Crippen LogP contribution < -0.4 is 0 Å². The van der Waals surface area contributed by atoms with Gasteiger partial charge in [-0.25, -0.2) is 9.37 Å². The molecule has 0 saturated carbocycles. The van der Waals surface area contributed by atoms with Crippen LogP contribution in [-0.2, 0) is 0 Å². The van der Waals surface area contributed by atoms with Gasteiger partial charge in [-0.1, -0.05) is 0 Å². The largest absolute Gasteiger partial charge is 0.296 e. The van der Waals surface area contributed by atoms with Crippen molar-refractivity contribution in [2.24, 2.45) is 0 Å². The van der Waals surface area contributed by atoms with Crippen molar-refractivity contribution >= 4 is 22.2 Å². The molecule has 52 valence electrons. The highest BCUT2D eigenvalue weighted by Crippen LogP contribution is 2.08. The van der Waals surface area contributed by atoms with E-state index in [1.54, 1.807) is 0 Å². The molecule has 0 fully saturated rings. The zero-order valence-electron chi connectivity index (χ0n) is 4.84. The summed E-state index contributed by atoms with van der Waals surface area (Å²) in [4.78, 5) is 13.7.